The number of carbonyl (C=O) groups excluding carboxylic acids is 1. The summed E-state index contributed by atoms with van der Waals surface area (Å²) >= 11 is 0. The monoisotopic (exact) mass is 338 g/mol. The Labute approximate surface area is 139 Å². The van der Waals surface area contributed by atoms with Crippen LogP contribution >= 0.6 is 0 Å². The third kappa shape index (κ3) is 3.91. The number of methoxy groups -OCH3 is 1. The highest BCUT2D eigenvalue weighted by Crippen LogP contribution is 2.30. The molecule has 1 aliphatic heterocycles. The molecule has 0 aliphatic carbocycles. The molecule has 0 fully saturated rings. The molecule has 0 saturated carbocycles. The minimum atomic E-state index is -1.09. The van der Waals surface area contributed by atoms with Gasteiger partial charge in [0.2, 0.25) is 0 Å². The van der Waals surface area contributed by atoms with Crippen molar-refractivity contribution in [1.29, 1.82) is 0 Å². The third-order valence-corrected chi connectivity index (χ3v) is 3.77. The van der Waals surface area contributed by atoms with E-state index in [-0.39, 0.29) is 23.7 Å². The highest BCUT2D eigenvalue weighted by molar-refractivity contribution is 5.82. The first kappa shape index (κ1) is 17.9. The van der Waals surface area contributed by atoms with Crippen LogP contribution in [0.2, 0.25) is 0 Å². The first-order valence-corrected chi connectivity index (χ1v) is 7.48. The number of aliphatic hydroxyl groups excluding tert-OH is 1. The summed E-state index contributed by atoms with van der Waals surface area (Å²) in [4.78, 5) is 13.2. The summed E-state index contributed by atoms with van der Waals surface area (Å²) in [6.07, 6.45) is 0.823. The van der Waals surface area contributed by atoms with E-state index in [1.54, 1.807) is 6.08 Å². The number of nitrogens with one attached hydrogen (secondary N) is 1. The maximum atomic E-state index is 14.3. The Kier molecular flexibility index (Phi) is 5.56. The lowest BCUT2D eigenvalue weighted by Gasteiger charge is -2.28. The molecule has 24 heavy (non-hydrogen) atoms. The zero-order valence-corrected chi connectivity index (χ0v) is 13.6. The summed E-state index contributed by atoms with van der Waals surface area (Å²) in [6, 6.07) is 2.33. The van der Waals surface area contributed by atoms with Gasteiger partial charge < -0.3 is 20.1 Å². The topological polar surface area (TPSA) is 61.8 Å². The van der Waals surface area contributed by atoms with Crippen molar-refractivity contribution in [3.63, 3.8) is 0 Å². The van der Waals surface area contributed by atoms with Crippen LogP contribution in [0.15, 0.2) is 30.7 Å². The highest BCUT2D eigenvalue weighted by Gasteiger charge is 2.24. The standard InChI is InChI=1S/C17H20F2N2O3/c1-10(22)17(23)21-6-4-12(5-7-21)16-14(18)8-13(9-15(16)19)20-11(2)24-3/h4,8-10,20,22H,2,5-7H2,1,3H3. The summed E-state index contributed by atoms with van der Waals surface area (Å²) in [7, 11) is 1.39. The Hall–Kier alpha value is -2.41. The van der Waals surface area contributed by atoms with Gasteiger partial charge >= 0.3 is 0 Å². The maximum absolute atomic E-state index is 14.3. The zero-order chi connectivity index (χ0) is 17.9. The number of nitrogens with zero attached hydrogens (tertiary/aromatic N) is 1. The lowest BCUT2D eigenvalue weighted by molar-refractivity contribution is -0.138. The minimum Gasteiger partial charge on any atom is -0.483 e. The number of aliphatic hydroxyl groups is 1. The molecule has 1 atom stereocenters. The van der Waals surface area contributed by atoms with E-state index in [4.69, 9.17) is 4.74 Å². The number of halogens is 2. The second-order valence-corrected chi connectivity index (χ2v) is 5.51. The average molecular weight is 338 g/mol. The molecule has 1 heterocycles. The van der Waals surface area contributed by atoms with Gasteiger partial charge in [0.05, 0.1) is 7.11 Å². The summed E-state index contributed by atoms with van der Waals surface area (Å²) in [5.41, 5.74) is 0.590. The van der Waals surface area contributed by atoms with Crippen molar-refractivity contribution in [3.8, 4) is 0 Å². The first-order valence-electron chi connectivity index (χ1n) is 7.48. The minimum absolute atomic E-state index is 0.104. The van der Waals surface area contributed by atoms with Crippen molar-refractivity contribution >= 4 is 17.2 Å². The van der Waals surface area contributed by atoms with Crippen molar-refractivity contribution in [2.24, 2.45) is 0 Å². The molecule has 0 radical (unpaired) electrons. The van der Waals surface area contributed by atoms with Gasteiger partial charge in [-0.05, 0) is 37.6 Å². The summed E-state index contributed by atoms with van der Waals surface area (Å²) in [5, 5.41) is 12.0. The smallest absolute Gasteiger partial charge is 0.251 e. The van der Waals surface area contributed by atoms with E-state index in [9.17, 15) is 18.7 Å². The van der Waals surface area contributed by atoms with Crippen LogP contribution in [-0.2, 0) is 9.53 Å². The molecule has 0 aromatic heterocycles. The number of benzene rings is 1. The molecule has 2 N–H and O–H groups in total. The number of amides is 1. The van der Waals surface area contributed by atoms with E-state index in [0.717, 1.165) is 12.1 Å². The average Bonchev–Trinajstić information content (AvgIpc) is 2.54. The van der Waals surface area contributed by atoms with E-state index in [2.05, 4.69) is 11.9 Å². The Bertz CT molecular complexity index is 663. The van der Waals surface area contributed by atoms with Gasteiger partial charge in [0.1, 0.15) is 17.7 Å². The van der Waals surface area contributed by atoms with E-state index in [1.807, 2.05) is 0 Å². The summed E-state index contributed by atoms with van der Waals surface area (Å²) < 4.78 is 33.5. The molecule has 0 bridgehead atoms. The zero-order valence-electron chi connectivity index (χ0n) is 13.6. The fourth-order valence-corrected chi connectivity index (χ4v) is 2.52. The second-order valence-electron chi connectivity index (χ2n) is 5.51. The van der Waals surface area contributed by atoms with Gasteiger partial charge in [0.25, 0.3) is 5.91 Å². The summed E-state index contributed by atoms with van der Waals surface area (Å²) in [5.74, 6) is -1.64. The molecule has 1 aliphatic rings. The molecule has 1 aromatic rings. The SMILES string of the molecule is C=C(Nc1cc(F)c(C2=CCN(C(=O)C(C)O)CC2)c(F)c1)OC. The van der Waals surface area contributed by atoms with Crippen LogP contribution in [0.4, 0.5) is 14.5 Å². The predicted molar refractivity (Wildman–Crippen MR) is 87.0 cm³/mol. The lowest BCUT2D eigenvalue weighted by atomic mass is 9.97. The molecule has 130 valence electrons. The van der Waals surface area contributed by atoms with Crippen LogP contribution in [0.25, 0.3) is 5.57 Å². The van der Waals surface area contributed by atoms with E-state index in [0.29, 0.717) is 18.5 Å². The van der Waals surface area contributed by atoms with Crippen molar-refractivity contribution in [1.82, 2.24) is 4.90 Å². The number of carbonyl (C=O) groups is 1. The van der Waals surface area contributed by atoms with Crippen LogP contribution in [0.5, 0.6) is 0 Å². The van der Waals surface area contributed by atoms with Gasteiger partial charge in [-0.25, -0.2) is 8.78 Å². The first-order chi connectivity index (χ1) is 11.3. The summed E-state index contributed by atoms with van der Waals surface area (Å²) in [6.45, 7) is 5.43. The number of hydrogen-bond acceptors (Lipinski definition) is 4. The molecule has 1 amide bonds. The van der Waals surface area contributed by atoms with E-state index >= 15 is 0 Å². The Morgan fingerprint density at radius 3 is 2.50 bits per heavy atom. The molecule has 0 saturated heterocycles. The molecule has 1 aromatic carbocycles. The maximum Gasteiger partial charge on any atom is 0.251 e. The van der Waals surface area contributed by atoms with Crippen molar-refractivity contribution in [3.05, 3.63) is 47.9 Å². The Morgan fingerprint density at radius 2 is 2.04 bits per heavy atom. The molecule has 7 heteroatoms. The van der Waals surface area contributed by atoms with E-state index in [1.165, 1.54) is 18.9 Å². The van der Waals surface area contributed by atoms with Gasteiger partial charge in [-0.3, -0.25) is 4.79 Å². The van der Waals surface area contributed by atoms with Gasteiger partial charge in [0, 0.05) is 24.3 Å². The van der Waals surface area contributed by atoms with Gasteiger partial charge in [-0.1, -0.05) is 6.08 Å². The molecule has 2 rings (SSSR count). The largest absolute Gasteiger partial charge is 0.483 e. The molecular formula is C17H20F2N2O3. The van der Waals surface area contributed by atoms with Crippen molar-refractivity contribution in [2.45, 2.75) is 19.4 Å². The highest BCUT2D eigenvalue weighted by atomic mass is 19.1. The molecule has 0 spiro atoms. The van der Waals surface area contributed by atoms with Crippen LogP contribution in [0.3, 0.4) is 0 Å². The second kappa shape index (κ2) is 7.44. The molecule has 5 nitrogen and oxygen atoms in total. The quantitative estimate of drug-likeness (QED) is 0.810. The Balaban J connectivity index is 2.21. The van der Waals surface area contributed by atoms with Crippen LogP contribution in [0.1, 0.15) is 18.9 Å². The van der Waals surface area contributed by atoms with Crippen molar-refractivity contribution < 1.29 is 23.4 Å². The molecule has 1 unspecified atom stereocenters. The van der Waals surface area contributed by atoms with Gasteiger partial charge in [-0.15, -0.1) is 0 Å². The Morgan fingerprint density at radius 1 is 1.42 bits per heavy atom. The fraction of sp³-hybridized carbons (Fsp3) is 0.353. The number of anilines is 1. The van der Waals surface area contributed by atoms with Gasteiger partial charge in [0.15, 0.2) is 5.88 Å². The number of hydrogen-bond donors (Lipinski definition) is 2. The number of rotatable bonds is 5. The molecular weight excluding hydrogens is 318 g/mol. The van der Waals surface area contributed by atoms with E-state index < -0.39 is 23.6 Å². The van der Waals surface area contributed by atoms with Crippen LogP contribution in [-0.4, -0.2) is 42.2 Å². The van der Waals surface area contributed by atoms with Crippen molar-refractivity contribution in [2.75, 3.05) is 25.5 Å². The predicted octanol–water partition coefficient (Wildman–Crippen LogP) is 2.49. The third-order valence-electron chi connectivity index (χ3n) is 3.77. The lowest BCUT2D eigenvalue weighted by Crippen LogP contribution is -2.40. The fourth-order valence-electron chi connectivity index (χ4n) is 2.52. The number of ether oxygens (including phenoxy) is 1. The normalized spacial score (nSPS) is 15.5. The van der Waals surface area contributed by atoms with Crippen LogP contribution < -0.4 is 5.32 Å². The van der Waals surface area contributed by atoms with Gasteiger partial charge in [-0.2, -0.15) is 0 Å². The van der Waals surface area contributed by atoms with Crippen LogP contribution in [0, 0.1) is 11.6 Å².